The molecule has 1 heterocycles. The number of amides is 1. The number of nitrogens with two attached hydrogens (primary N) is 1. The molecule has 7 heteroatoms. The van der Waals surface area contributed by atoms with E-state index in [0.29, 0.717) is 22.5 Å². The molecule has 0 bridgehead atoms. The molecule has 0 aliphatic heterocycles. The van der Waals surface area contributed by atoms with Crippen molar-refractivity contribution in [2.45, 2.75) is 32.5 Å². The number of halogens is 4. The molecule has 1 aromatic heterocycles. The monoisotopic (exact) mass is 428 g/mol. The molecule has 1 amide bonds. The number of fused-ring (bicyclic) bond motifs is 3. The number of carbonyl (C=O) groups excluding carboxylic acids is 1. The Labute approximate surface area is 176 Å². The van der Waals surface area contributed by atoms with Gasteiger partial charge in [-0.2, -0.15) is 13.2 Å². The fourth-order valence-corrected chi connectivity index (χ4v) is 4.03. The van der Waals surface area contributed by atoms with Crippen LogP contribution in [0.15, 0.2) is 54.6 Å². The Morgan fingerprint density at radius 3 is 2.45 bits per heavy atom. The second kappa shape index (κ2) is 7.72. The molecule has 0 fully saturated rings. The number of nitrogens with zero attached hydrogens (tertiary/aromatic N) is 1. The zero-order valence-corrected chi connectivity index (χ0v) is 16.8. The fraction of sp³-hybridized carbons (Fsp3) is 0.208. The normalized spacial score (nSPS) is 12.0. The molecule has 2 N–H and O–H groups in total. The summed E-state index contributed by atoms with van der Waals surface area (Å²) >= 11 is 0. The van der Waals surface area contributed by atoms with E-state index in [1.54, 1.807) is 18.2 Å². The van der Waals surface area contributed by atoms with Crippen molar-refractivity contribution in [1.29, 1.82) is 0 Å². The van der Waals surface area contributed by atoms with Crippen molar-refractivity contribution >= 4 is 27.7 Å². The largest absolute Gasteiger partial charge is 0.416 e. The van der Waals surface area contributed by atoms with Gasteiger partial charge in [0.25, 0.3) is 0 Å². The maximum absolute atomic E-state index is 14.6. The molecule has 3 aromatic carbocycles. The maximum Gasteiger partial charge on any atom is 0.416 e. The minimum atomic E-state index is -4.61. The van der Waals surface area contributed by atoms with E-state index >= 15 is 0 Å². The summed E-state index contributed by atoms with van der Waals surface area (Å²) in [6.07, 6.45) is -2.84. The first-order valence-electron chi connectivity index (χ1n) is 9.90. The van der Waals surface area contributed by atoms with E-state index in [-0.39, 0.29) is 12.1 Å². The number of primary amides is 1. The Morgan fingerprint density at radius 1 is 1.03 bits per heavy atom. The van der Waals surface area contributed by atoms with Crippen LogP contribution in [-0.4, -0.2) is 10.5 Å². The van der Waals surface area contributed by atoms with Crippen molar-refractivity contribution < 1.29 is 22.4 Å². The second-order valence-corrected chi connectivity index (χ2v) is 7.56. The van der Waals surface area contributed by atoms with Crippen LogP contribution in [0.5, 0.6) is 0 Å². The van der Waals surface area contributed by atoms with Gasteiger partial charge in [-0.25, -0.2) is 4.39 Å². The quantitative estimate of drug-likeness (QED) is 0.387. The Hall–Kier alpha value is -3.35. The van der Waals surface area contributed by atoms with Crippen LogP contribution in [0.2, 0.25) is 0 Å². The van der Waals surface area contributed by atoms with Crippen LogP contribution in [0, 0.1) is 5.82 Å². The van der Waals surface area contributed by atoms with E-state index in [2.05, 4.69) is 6.92 Å². The van der Waals surface area contributed by atoms with Gasteiger partial charge in [-0.1, -0.05) is 37.6 Å². The molecule has 0 aliphatic carbocycles. The number of alkyl halides is 3. The van der Waals surface area contributed by atoms with Crippen LogP contribution in [0.1, 0.15) is 40.4 Å². The first-order chi connectivity index (χ1) is 14.7. The highest BCUT2D eigenvalue weighted by Crippen LogP contribution is 2.34. The number of aromatic nitrogens is 1. The molecule has 0 unspecified atom stereocenters. The van der Waals surface area contributed by atoms with E-state index in [1.165, 1.54) is 0 Å². The van der Waals surface area contributed by atoms with Crippen LogP contribution in [0.3, 0.4) is 0 Å². The van der Waals surface area contributed by atoms with E-state index in [0.717, 1.165) is 41.4 Å². The number of hydrogen-bond donors (Lipinski definition) is 1. The Balaban J connectivity index is 1.94. The van der Waals surface area contributed by atoms with Crippen LogP contribution in [0.25, 0.3) is 21.8 Å². The Bertz CT molecular complexity index is 1300. The van der Waals surface area contributed by atoms with Gasteiger partial charge in [0.1, 0.15) is 5.82 Å². The van der Waals surface area contributed by atoms with Gasteiger partial charge in [-0.05, 0) is 42.3 Å². The van der Waals surface area contributed by atoms with Gasteiger partial charge in [0.2, 0.25) is 5.91 Å². The Kier molecular flexibility index (Phi) is 5.21. The molecule has 31 heavy (non-hydrogen) atoms. The average Bonchev–Trinajstić information content (AvgIpc) is 3.02. The van der Waals surface area contributed by atoms with Crippen molar-refractivity contribution in [3.05, 3.63) is 82.7 Å². The van der Waals surface area contributed by atoms with Crippen molar-refractivity contribution in [3.63, 3.8) is 0 Å². The van der Waals surface area contributed by atoms with Gasteiger partial charge in [0, 0.05) is 27.4 Å². The summed E-state index contributed by atoms with van der Waals surface area (Å²) < 4.78 is 55.2. The molecule has 0 aliphatic rings. The van der Waals surface area contributed by atoms with E-state index in [4.69, 9.17) is 5.73 Å². The summed E-state index contributed by atoms with van der Waals surface area (Å²) in [5.41, 5.74) is 7.53. The molecule has 0 spiro atoms. The number of carbonyl (C=O) groups is 1. The van der Waals surface area contributed by atoms with Gasteiger partial charge in [0.15, 0.2) is 0 Å². The first-order valence-corrected chi connectivity index (χ1v) is 9.90. The summed E-state index contributed by atoms with van der Waals surface area (Å²) in [5.74, 6) is -1.51. The highest BCUT2D eigenvalue weighted by atomic mass is 19.4. The zero-order valence-electron chi connectivity index (χ0n) is 16.8. The van der Waals surface area contributed by atoms with Crippen molar-refractivity contribution in [3.8, 4) is 0 Å². The minimum absolute atomic E-state index is 0.0156. The maximum atomic E-state index is 14.6. The molecular formula is C24H20F4N2O. The third-order valence-electron chi connectivity index (χ3n) is 5.47. The van der Waals surface area contributed by atoms with Crippen molar-refractivity contribution in [2.24, 2.45) is 5.73 Å². The molecule has 0 saturated heterocycles. The van der Waals surface area contributed by atoms with Crippen LogP contribution in [-0.2, 0) is 19.1 Å². The summed E-state index contributed by atoms with van der Waals surface area (Å²) in [6.45, 7) is 2.07. The summed E-state index contributed by atoms with van der Waals surface area (Å²) in [6, 6.07) is 13.5. The van der Waals surface area contributed by atoms with Gasteiger partial charge >= 0.3 is 6.18 Å². The van der Waals surface area contributed by atoms with Crippen LogP contribution >= 0.6 is 0 Å². The summed E-state index contributed by atoms with van der Waals surface area (Å²) in [5, 5.41) is 1.44. The first kappa shape index (κ1) is 20.9. The smallest absolute Gasteiger partial charge is 0.366 e. The molecule has 4 aromatic rings. The highest BCUT2D eigenvalue weighted by Gasteiger charge is 2.31. The third kappa shape index (κ3) is 3.76. The van der Waals surface area contributed by atoms with Crippen molar-refractivity contribution in [2.75, 3.05) is 0 Å². The second-order valence-electron chi connectivity index (χ2n) is 7.56. The fourth-order valence-electron chi connectivity index (χ4n) is 4.03. The van der Waals surface area contributed by atoms with Gasteiger partial charge in [-0.15, -0.1) is 0 Å². The van der Waals surface area contributed by atoms with Crippen molar-refractivity contribution in [1.82, 2.24) is 4.57 Å². The lowest BCUT2D eigenvalue weighted by molar-refractivity contribution is -0.137. The number of hydrogen-bond acceptors (Lipinski definition) is 1. The van der Waals surface area contributed by atoms with Gasteiger partial charge in [0.05, 0.1) is 17.6 Å². The molecule has 160 valence electrons. The molecule has 0 radical (unpaired) electrons. The molecular weight excluding hydrogens is 408 g/mol. The average molecular weight is 428 g/mol. The lowest BCUT2D eigenvalue weighted by atomic mass is 10.0. The van der Waals surface area contributed by atoms with E-state index < -0.39 is 23.5 Å². The zero-order chi connectivity index (χ0) is 22.3. The summed E-state index contributed by atoms with van der Waals surface area (Å²) in [7, 11) is 0. The summed E-state index contributed by atoms with van der Waals surface area (Å²) in [4.78, 5) is 12.0. The number of benzene rings is 3. The topological polar surface area (TPSA) is 48.0 Å². The van der Waals surface area contributed by atoms with Crippen LogP contribution < -0.4 is 5.73 Å². The lowest BCUT2D eigenvalue weighted by Gasteiger charge is -2.12. The van der Waals surface area contributed by atoms with E-state index in [1.807, 2.05) is 22.8 Å². The highest BCUT2D eigenvalue weighted by molar-refractivity contribution is 6.18. The van der Waals surface area contributed by atoms with E-state index in [9.17, 15) is 22.4 Å². The molecule has 0 atom stereocenters. The van der Waals surface area contributed by atoms with Crippen LogP contribution in [0.4, 0.5) is 17.6 Å². The predicted molar refractivity (Wildman–Crippen MR) is 112 cm³/mol. The number of aryl methyl sites for hydroxylation is 1. The standard InChI is InChI=1S/C24H20F4N2O/c1-2-4-14-7-10-17-21(11-14)30(20-6-3-5-18(22(17)20)23(29)31)13-15-8-9-16(12-19(15)25)24(26,27)28/h3,5-12H,2,4,13H2,1H3,(H2,29,31). The van der Waals surface area contributed by atoms with Gasteiger partial charge in [-0.3, -0.25) is 4.79 Å². The predicted octanol–water partition coefficient (Wildman–Crippen LogP) is 6.05. The molecule has 3 nitrogen and oxygen atoms in total. The minimum Gasteiger partial charge on any atom is -0.366 e. The molecule has 4 rings (SSSR count). The Morgan fingerprint density at radius 2 is 1.81 bits per heavy atom. The lowest BCUT2D eigenvalue weighted by Crippen LogP contribution is -2.11. The molecule has 0 saturated carbocycles. The number of rotatable bonds is 5. The van der Waals surface area contributed by atoms with Gasteiger partial charge < -0.3 is 10.3 Å². The SMILES string of the molecule is CCCc1ccc2c3c(C(N)=O)cccc3n(Cc3ccc(C(F)(F)F)cc3F)c2c1. The third-order valence-corrected chi connectivity index (χ3v) is 5.47.